The van der Waals surface area contributed by atoms with E-state index in [1.165, 1.54) is 18.2 Å². The van der Waals surface area contributed by atoms with Gasteiger partial charge < -0.3 is 15.1 Å². The molecule has 1 aromatic heterocycles. The smallest absolute Gasteiger partial charge is 0.253 e. The van der Waals surface area contributed by atoms with Crippen molar-refractivity contribution in [2.24, 2.45) is 11.8 Å². The van der Waals surface area contributed by atoms with Crippen LogP contribution in [0.25, 0.3) is 0 Å². The van der Waals surface area contributed by atoms with E-state index < -0.39 is 11.7 Å². The van der Waals surface area contributed by atoms with Gasteiger partial charge in [-0.2, -0.15) is 0 Å². The van der Waals surface area contributed by atoms with Crippen LogP contribution in [-0.4, -0.2) is 36.3 Å². The second-order valence-electron chi connectivity index (χ2n) is 8.42. The molecule has 1 aliphatic carbocycles. The molecule has 3 unspecified atom stereocenters. The standard InChI is InChI=1S/C23H28FN3O3/c1-14-11-17(14)23(29)26-19-7-6-16(24)12-18(19)22(28)25-13-20(27-9-3-4-10-27)21-8-5-15(2)30-21/h5-8,12,14,17,20H,3-4,9-11,13H2,1-2H3,(H,25,28)(H,26,29). The second kappa shape index (κ2) is 8.60. The first kappa shape index (κ1) is 20.6. The van der Waals surface area contributed by atoms with Crippen molar-refractivity contribution in [2.75, 3.05) is 25.0 Å². The SMILES string of the molecule is Cc1ccc(C(CNC(=O)c2cc(F)ccc2NC(=O)C2CC2C)N2CCCC2)o1. The summed E-state index contributed by atoms with van der Waals surface area (Å²) in [4.78, 5) is 27.5. The summed E-state index contributed by atoms with van der Waals surface area (Å²) in [6.45, 7) is 6.14. The lowest BCUT2D eigenvalue weighted by Gasteiger charge is -2.26. The zero-order valence-corrected chi connectivity index (χ0v) is 17.4. The molecule has 4 rings (SSSR count). The fourth-order valence-electron chi connectivity index (χ4n) is 4.11. The number of hydrogen-bond acceptors (Lipinski definition) is 4. The minimum atomic E-state index is -0.518. The van der Waals surface area contributed by atoms with Crippen LogP contribution in [0.5, 0.6) is 0 Å². The number of aryl methyl sites for hydroxylation is 1. The van der Waals surface area contributed by atoms with Crippen molar-refractivity contribution in [3.8, 4) is 0 Å². The van der Waals surface area contributed by atoms with Crippen LogP contribution < -0.4 is 10.6 Å². The Hall–Kier alpha value is -2.67. The Morgan fingerprint density at radius 2 is 1.97 bits per heavy atom. The van der Waals surface area contributed by atoms with Crippen LogP contribution in [-0.2, 0) is 4.79 Å². The van der Waals surface area contributed by atoms with Crippen LogP contribution in [0.3, 0.4) is 0 Å². The van der Waals surface area contributed by atoms with Crippen molar-refractivity contribution in [2.45, 2.75) is 39.2 Å². The molecule has 1 aromatic carbocycles. The molecule has 3 atom stereocenters. The molecular formula is C23H28FN3O3. The third-order valence-corrected chi connectivity index (χ3v) is 6.06. The van der Waals surface area contributed by atoms with E-state index in [0.717, 1.165) is 43.9 Å². The summed E-state index contributed by atoms with van der Waals surface area (Å²) in [5.41, 5.74) is 0.469. The van der Waals surface area contributed by atoms with Crippen LogP contribution >= 0.6 is 0 Å². The van der Waals surface area contributed by atoms with Gasteiger partial charge in [-0.05, 0) is 75.5 Å². The maximum absolute atomic E-state index is 13.9. The van der Waals surface area contributed by atoms with E-state index >= 15 is 0 Å². The van der Waals surface area contributed by atoms with Crippen LogP contribution in [0.2, 0.25) is 0 Å². The zero-order chi connectivity index (χ0) is 21.3. The van der Waals surface area contributed by atoms with Gasteiger partial charge in [-0.3, -0.25) is 14.5 Å². The number of halogens is 1. The van der Waals surface area contributed by atoms with Crippen molar-refractivity contribution in [3.05, 3.63) is 53.2 Å². The molecule has 2 aromatic rings. The summed E-state index contributed by atoms with van der Waals surface area (Å²) < 4.78 is 19.7. The van der Waals surface area contributed by atoms with Crippen LogP contribution in [0.4, 0.5) is 10.1 Å². The Kier molecular flexibility index (Phi) is 5.90. The van der Waals surface area contributed by atoms with E-state index in [9.17, 15) is 14.0 Å². The first-order chi connectivity index (χ1) is 14.4. The van der Waals surface area contributed by atoms with Gasteiger partial charge in [-0.1, -0.05) is 6.92 Å². The molecule has 0 spiro atoms. The number of nitrogens with zero attached hydrogens (tertiary/aromatic N) is 1. The number of nitrogens with one attached hydrogen (secondary N) is 2. The Labute approximate surface area is 175 Å². The number of likely N-dealkylation sites (tertiary alicyclic amines) is 1. The molecule has 1 saturated heterocycles. The van der Waals surface area contributed by atoms with E-state index in [2.05, 4.69) is 15.5 Å². The van der Waals surface area contributed by atoms with Crippen molar-refractivity contribution >= 4 is 17.5 Å². The third kappa shape index (κ3) is 4.56. The quantitative estimate of drug-likeness (QED) is 0.722. The maximum atomic E-state index is 13.9. The summed E-state index contributed by atoms with van der Waals surface area (Å²) in [6, 6.07) is 7.64. The van der Waals surface area contributed by atoms with E-state index in [1.807, 2.05) is 26.0 Å². The highest BCUT2D eigenvalue weighted by molar-refractivity contribution is 6.04. The summed E-state index contributed by atoms with van der Waals surface area (Å²) >= 11 is 0. The highest BCUT2D eigenvalue weighted by Crippen LogP contribution is 2.38. The zero-order valence-electron chi connectivity index (χ0n) is 17.4. The predicted molar refractivity (Wildman–Crippen MR) is 112 cm³/mol. The van der Waals surface area contributed by atoms with Gasteiger partial charge in [-0.25, -0.2) is 4.39 Å². The molecule has 160 valence electrons. The van der Waals surface area contributed by atoms with E-state index in [1.54, 1.807) is 0 Å². The van der Waals surface area contributed by atoms with Gasteiger partial charge in [0.1, 0.15) is 17.3 Å². The average Bonchev–Trinajstić information content (AvgIpc) is 3.10. The molecule has 0 radical (unpaired) electrons. The number of anilines is 1. The Balaban J connectivity index is 1.48. The number of carbonyl (C=O) groups is 2. The number of amides is 2. The molecule has 30 heavy (non-hydrogen) atoms. The number of carbonyl (C=O) groups excluding carboxylic acids is 2. The number of furan rings is 1. The fraction of sp³-hybridized carbons (Fsp3) is 0.478. The van der Waals surface area contributed by atoms with Crippen molar-refractivity contribution in [1.82, 2.24) is 10.2 Å². The Morgan fingerprint density at radius 3 is 2.60 bits per heavy atom. The molecule has 2 fully saturated rings. The minimum absolute atomic E-state index is 0.0345. The summed E-state index contributed by atoms with van der Waals surface area (Å²) in [5, 5.41) is 5.71. The van der Waals surface area contributed by atoms with Crippen molar-refractivity contribution in [3.63, 3.8) is 0 Å². The molecule has 2 amide bonds. The normalized spacial score (nSPS) is 22.0. The number of hydrogen-bond donors (Lipinski definition) is 2. The molecule has 6 nitrogen and oxygen atoms in total. The van der Waals surface area contributed by atoms with E-state index in [-0.39, 0.29) is 23.4 Å². The maximum Gasteiger partial charge on any atom is 0.253 e. The number of rotatable bonds is 7. The first-order valence-electron chi connectivity index (χ1n) is 10.6. The van der Waals surface area contributed by atoms with Gasteiger partial charge >= 0.3 is 0 Å². The van der Waals surface area contributed by atoms with Crippen LogP contribution in [0, 0.1) is 24.6 Å². The molecule has 0 bridgehead atoms. The average molecular weight is 413 g/mol. The Morgan fingerprint density at radius 1 is 1.23 bits per heavy atom. The van der Waals surface area contributed by atoms with Gasteiger partial charge in [0.15, 0.2) is 0 Å². The largest absolute Gasteiger partial charge is 0.465 e. The van der Waals surface area contributed by atoms with Crippen LogP contribution in [0.15, 0.2) is 34.7 Å². The van der Waals surface area contributed by atoms with E-state index in [4.69, 9.17) is 4.42 Å². The van der Waals surface area contributed by atoms with Gasteiger partial charge in [0.05, 0.1) is 17.3 Å². The van der Waals surface area contributed by atoms with E-state index in [0.29, 0.717) is 18.2 Å². The molecule has 2 aliphatic rings. The Bertz CT molecular complexity index is 936. The molecule has 2 N–H and O–H groups in total. The van der Waals surface area contributed by atoms with Gasteiger partial charge in [0.25, 0.3) is 5.91 Å². The van der Waals surface area contributed by atoms with Gasteiger partial charge in [0, 0.05) is 12.5 Å². The van der Waals surface area contributed by atoms with Gasteiger partial charge in [0.2, 0.25) is 5.91 Å². The molecule has 2 heterocycles. The predicted octanol–water partition coefficient (Wildman–Crippen LogP) is 3.89. The fourth-order valence-corrected chi connectivity index (χ4v) is 4.11. The third-order valence-electron chi connectivity index (χ3n) is 6.06. The first-order valence-corrected chi connectivity index (χ1v) is 10.6. The lowest BCUT2D eigenvalue weighted by atomic mass is 10.1. The lowest BCUT2D eigenvalue weighted by molar-refractivity contribution is -0.117. The topological polar surface area (TPSA) is 74.6 Å². The molecule has 7 heteroatoms. The van der Waals surface area contributed by atoms with Crippen molar-refractivity contribution < 1.29 is 18.4 Å². The molecule has 1 aliphatic heterocycles. The summed E-state index contributed by atoms with van der Waals surface area (Å²) in [5.74, 6) is 0.893. The summed E-state index contributed by atoms with van der Waals surface area (Å²) in [6.07, 6.45) is 3.07. The molecular weight excluding hydrogens is 385 g/mol. The number of benzene rings is 1. The highest BCUT2D eigenvalue weighted by Gasteiger charge is 2.39. The van der Waals surface area contributed by atoms with Crippen molar-refractivity contribution in [1.29, 1.82) is 0 Å². The highest BCUT2D eigenvalue weighted by atomic mass is 19.1. The monoisotopic (exact) mass is 413 g/mol. The summed E-state index contributed by atoms with van der Waals surface area (Å²) in [7, 11) is 0. The molecule has 1 saturated carbocycles. The lowest BCUT2D eigenvalue weighted by Crippen LogP contribution is -2.37. The van der Waals surface area contributed by atoms with Gasteiger partial charge in [-0.15, -0.1) is 0 Å². The minimum Gasteiger partial charge on any atom is -0.465 e. The second-order valence-corrected chi connectivity index (χ2v) is 8.42. The van der Waals surface area contributed by atoms with Crippen LogP contribution in [0.1, 0.15) is 54.1 Å².